The fraction of sp³-hybridized carbons (Fsp3) is 0.882. The van der Waals surface area contributed by atoms with E-state index in [1.807, 2.05) is 27.8 Å². The van der Waals surface area contributed by atoms with Crippen molar-refractivity contribution in [3.05, 3.63) is 12.5 Å². The van der Waals surface area contributed by atoms with Crippen LogP contribution in [0, 0.1) is 0 Å². The summed E-state index contributed by atoms with van der Waals surface area (Å²) in [6.45, 7) is 15.6. The zero-order valence-electron chi connectivity index (χ0n) is 15.1. The zero-order valence-corrected chi connectivity index (χ0v) is 15.1. The Morgan fingerprint density at radius 2 is 1.59 bits per heavy atom. The number of nitrogens with one attached hydrogen (secondary N) is 3. The highest BCUT2D eigenvalue weighted by Crippen LogP contribution is 2.09. The van der Waals surface area contributed by atoms with Gasteiger partial charge < -0.3 is 25.4 Å². The molecule has 0 amide bonds. The topological polar surface area (TPSA) is 54.5 Å². The van der Waals surface area contributed by atoms with Gasteiger partial charge in [0.15, 0.2) is 5.88 Å². The van der Waals surface area contributed by atoms with E-state index < -0.39 is 0 Å². The molecule has 0 radical (unpaired) electrons. The van der Waals surface area contributed by atoms with Gasteiger partial charge in [0.25, 0.3) is 0 Å². The van der Waals surface area contributed by atoms with Gasteiger partial charge >= 0.3 is 0 Å². The zero-order chi connectivity index (χ0) is 16.7. The molecule has 0 fully saturated rings. The molecular formula is C17H37N3O2. The standard InChI is InChI=1S/C17H37N3O2/c1-16(22-17(2,3)4)20-13-9-15-21-14-7-6-11-19-12-8-10-18-5/h18-20H,1,6-15H2,2-5H3. The minimum atomic E-state index is -0.193. The highest BCUT2D eigenvalue weighted by Gasteiger charge is 2.11. The van der Waals surface area contributed by atoms with Gasteiger partial charge in [0.05, 0.1) is 0 Å². The van der Waals surface area contributed by atoms with E-state index in [0.29, 0.717) is 5.88 Å². The van der Waals surface area contributed by atoms with Crippen molar-refractivity contribution in [1.29, 1.82) is 0 Å². The summed E-state index contributed by atoms with van der Waals surface area (Å²) in [5, 5.41) is 9.74. The van der Waals surface area contributed by atoms with Crippen molar-refractivity contribution in [2.75, 3.05) is 46.4 Å². The summed E-state index contributed by atoms with van der Waals surface area (Å²) in [6.07, 6.45) is 4.44. The lowest BCUT2D eigenvalue weighted by Crippen LogP contribution is -2.26. The van der Waals surface area contributed by atoms with Gasteiger partial charge in [-0.1, -0.05) is 0 Å². The van der Waals surface area contributed by atoms with Crippen molar-refractivity contribution in [3.8, 4) is 0 Å². The van der Waals surface area contributed by atoms with Crippen LogP contribution in [-0.4, -0.2) is 52.0 Å². The van der Waals surface area contributed by atoms with E-state index in [1.165, 1.54) is 12.8 Å². The molecule has 3 N–H and O–H groups in total. The Morgan fingerprint density at radius 1 is 0.909 bits per heavy atom. The third-order valence-electron chi connectivity index (χ3n) is 2.89. The Kier molecular flexibility index (Phi) is 13.4. The number of ether oxygens (including phenoxy) is 2. The maximum absolute atomic E-state index is 5.61. The van der Waals surface area contributed by atoms with Crippen molar-refractivity contribution >= 4 is 0 Å². The minimum Gasteiger partial charge on any atom is -0.474 e. The molecule has 0 aliphatic carbocycles. The predicted octanol–water partition coefficient (Wildman–Crippen LogP) is 2.25. The predicted molar refractivity (Wildman–Crippen MR) is 94.1 cm³/mol. The highest BCUT2D eigenvalue weighted by molar-refractivity contribution is 4.82. The molecular weight excluding hydrogens is 278 g/mol. The average Bonchev–Trinajstić information content (AvgIpc) is 2.42. The summed E-state index contributed by atoms with van der Waals surface area (Å²) in [4.78, 5) is 0. The Bertz CT molecular complexity index is 265. The van der Waals surface area contributed by atoms with Crippen molar-refractivity contribution in [1.82, 2.24) is 16.0 Å². The van der Waals surface area contributed by atoms with Gasteiger partial charge in [0, 0.05) is 19.8 Å². The smallest absolute Gasteiger partial charge is 0.179 e. The van der Waals surface area contributed by atoms with Gasteiger partial charge in [-0.05, 0) is 79.7 Å². The van der Waals surface area contributed by atoms with Crippen LogP contribution < -0.4 is 16.0 Å². The molecule has 0 rings (SSSR count). The van der Waals surface area contributed by atoms with Crippen LogP contribution in [0.2, 0.25) is 0 Å². The second kappa shape index (κ2) is 13.9. The maximum atomic E-state index is 5.61. The number of hydrogen-bond donors (Lipinski definition) is 3. The summed E-state index contributed by atoms with van der Waals surface area (Å²) >= 11 is 0. The van der Waals surface area contributed by atoms with Crippen molar-refractivity contribution < 1.29 is 9.47 Å². The lowest BCUT2D eigenvalue weighted by Gasteiger charge is -2.23. The van der Waals surface area contributed by atoms with Gasteiger partial charge in [-0.25, -0.2) is 0 Å². The molecule has 0 aliphatic rings. The molecule has 0 unspecified atom stereocenters. The van der Waals surface area contributed by atoms with Gasteiger partial charge in [0.1, 0.15) is 5.60 Å². The van der Waals surface area contributed by atoms with Gasteiger partial charge in [0.2, 0.25) is 0 Å². The molecule has 22 heavy (non-hydrogen) atoms. The molecule has 5 heteroatoms. The van der Waals surface area contributed by atoms with Crippen molar-refractivity contribution in [3.63, 3.8) is 0 Å². The summed E-state index contributed by atoms with van der Waals surface area (Å²) in [7, 11) is 1.99. The monoisotopic (exact) mass is 315 g/mol. The number of rotatable bonds is 15. The fourth-order valence-corrected chi connectivity index (χ4v) is 1.88. The van der Waals surface area contributed by atoms with Crippen LogP contribution >= 0.6 is 0 Å². The quantitative estimate of drug-likeness (QED) is 0.320. The molecule has 0 spiro atoms. The molecule has 132 valence electrons. The Hall–Kier alpha value is -0.780. The Balaban J connectivity index is 3.16. The van der Waals surface area contributed by atoms with E-state index in [0.717, 1.165) is 52.2 Å². The van der Waals surface area contributed by atoms with Crippen molar-refractivity contribution in [2.45, 2.75) is 52.1 Å². The molecule has 0 aromatic heterocycles. The van der Waals surface area contributed by atoms with Crippen LogP contribution in [0.3, 0.4) is 0 Å². The molecule has 0 aromatic carbocycles. The first kappa shape index (κ1) is 21.2. The number of hydrogen-bond acceptors (Lipinski definition) is 5. The minimum absolute atomic E-state index is 0.193. The molecule has 0 aromatic rings. The lowest BCUT2D eigenvalue weighted by atomic mass is 10.2. The second-order valence-electron chi connectivity index (χ2n) is 6.44. The van der Waals surface area contributed by atoms with Crippen LogP contribution in [0.25, 0.3) is 0 Å². The molecule has 5 nitrogen and oxygen atoms in total. The molecule has 0 atom stereocenters. The van der Waals surface area contributed by atoms with E-state index in [4.69, 9.17) is 9.47 Å². The first-order valence-corrected chi connectivity index (χ1v) is 8.50. The second-order valence-corrected chi connectivity index (χ2v) is 6.44. The van der Waals surface area contributed by atoms with Gasteiger partial charge in [-0.2, -0.15) is 0 Å². The Morgan fingerprint density at radius 3 is 2.27 bits per heavy atom. The molecule has 0 aliphatic heterocycles. The third kappa shape index (κ3) is 17.3. The van der Waals surface area contributed by atoms with E-state index in [-0.39, 0.29) is 5.60 Å². The molecule has 0 saturated carbocycles. The highest BCUT2D eigenvalue weighted by atomic mass is 16.5. The van der Waals surface area contributed by atoms with Crippen LogP contribution in [0.15, 0.2) is 12.5 Å². The Labute approximate surface area is 137 Å². The summed E-state index contributed by atoms with van der Waals surface area (Å²) in [5.41, 5.74) is -0.193. The fourth-order valence-electron chi connectivity index (χ4n) is 1.88. The van der Waals surface area contributed by atoms with E-state index >= 15 is 0 Å². The van der Waals surface area contributed by atoms with Crippen LogP contribution in [0.1, 0.15) is 46.5 Å². The molecule has 0 saturated heterocycles. The van der Waals surface area contributed by atoms with E-state index in [9.17, 15) is 0 Å². The molecule has 0 bridgehead atoms. The van der Waals surface area contributed by atoms with Gasteiger partial charge in [-0.3, -0.25) is 0 Å². The third-order valence-corrected chi connectivity index (χ3v) is 2.89. The average molecular weight is 316 g/mol. The first-order valence-electron chi connectivity index (χ1n) is 8.50. The summed E-state index contributed by atoms with van der Waals surface area (Å²) < 4.78 is 11.2. The first-order chi connectivity index (χ1) is 10.5. The van der Waals surface area contributed by atoms with Crippen LogP contribution in [0.4, 0.5) is 0 Å². The SMILES string of the molecule is C=C(NCCCOCCCCNCCCNC)OC(C)(C)C. The normalized spacial score (nSPS) is 11.5. The van der Waals surface area contributed by atoms with Crippen LogP contribution in [0.5, 0.6) is 0 Å². The molecule has 0 heterocycles. The largest absolute Gasteiger partial charge is 0.474 e. The summed E-state index contributed by atoms with van der Waals surface area (Å²) in [6, 6.07) is 0. The van der Waals surface area contributed by atoms with Crippen molar-refractivity contribution in [2.24, 2.45) is 0 Å². The number of unbranched alkanes of at least 4 members (excludes halogenated alkanes) is 1. The van der Waals surface area contributed by atoms with E-state index in [1.54, 1.807) is 0 Å². The summed E-state index contributed by atoms with van der Waals surface area (Å²) in [5.74, 6) is 0.636. The maximum Gasteiger partial charge on any atom is 0.179 e. The lowest BCUT2D eigenvalue weighted by molar-refractivity contribution is 0.0406. The van der Waals surface area contributed by atoms with E-state index in [2.05, 4.69) is 22.5 Å². The van der Waals surface area contributed by atoms with Gasteiger partial charge in [-0.15, -0.1) is 0 Å². The van der Waals surface area contributed by atoms with Crippen LogP contribution in [-0.2, 0) is 9.47 Å².